The first-order valence-corrected chi connectivity index (χ1v) is 7.29. The molecule has 1 aliphatic heterocycles. The highest BCUT2D eigenvalue weighted by Crippen LogP contribution is 2.16. The Morgan fingerprint density at radius 3 is 2.30 bits per heavy atom. The second-order valence-corrected chi connectivity index (χ2v) is 5.68. The van der Waals surface area contributed by atoms with Crippen LogP contribution in [0.4, 0.5) is 4.79 Å². The molecule has 2 amide bonds. The maximum Gasteiger partial charge on any atom is 0.319 e. The number of amides is 2. The van der Waals surface area contributed by atoms with Crippen molar-refractivity contribution in [2.24, 2.45) is 5.92 Å². The molecule has 1 unspecified atom stereocenters. The third-order valence-electron chi connectivity index (χ3n) is 4.15. The molecule has 1 N–H and O–H groups in total. The Morgan fingerprint density at radius 2 is 1.85 bits per heavy atom. The van der Waals surface area contributed by atoms with Gasteiger partial charge in [-0.3, -0.25) is 4.79 Å². The number of carbonyl (C=O) groups excluding carboxylic acids is 1. The molecule has 1 atom stereocenters. The minimum atomic E-state index is -0.872. The molecular formula is C14H27N3O3. The lowest BCUT2D eigenvalue weighted by molar-refractivity contribution is -0.141. The molecule has 6 heteroatoms. The molecule has 0 bridgehead atoms. The van der Waals surface area contributed by atoms with E-state index in [4.69, 9.17) is 5.11 Å². The molecule has 20 heavy (non-hydrogen) atoms. The molecule has 6 nitrogen and oxygen atoms in total. The zero-order valence-corrected chi connectivity index (χ0v) is 13.0. The molecule has 0 aromatic carbocycles. The van der Waals surface area contributed by atoms with Crippen molar-refractivity contribution < 1.29 is 14.7 Å². The normalized spacial score (nSPS) is 18.6. The molecule has 116 valence electrons. The molecule has 0 radical (unpaired) electrons. The van der Waals surface area contributed by atoms with Crippen LogP contribution in [0.5, 0.6) is 0 Å². The van der Waals surface area contributed by atoms with Crippen LogP contribution in [-0.4, -0.2) is 78.1 Å². The van der Waals surface area contributed by atoms with Crippen LogP contribution in [-0.2, 0) is 4.79 Å². The Balaban J connectivity index is 2.48. The number of aliphatic carboxylic acids is 1. The smallest absolute Gasteiger partial charge is 0.319 e. The van der Waals surface area contributed by atoms with Gasteiger partial charge in [-0.05, 0) is 19.4 Å². The van der Waals surface area contributed by atoms with Crippen molar-refractivity contribution in [3.8, 4) is 0 Å². The fraction of sp³-hybridized carbons (Fsp3) is 0.857. The fourth-order valence-electron chi connectivity index (χ4n) is 2.62. The van der Waals surface area contributed by atoms with Crippen molar-refractivity contribution in [1.29, 1.82) is 0 Å². The van der Waals surface area contributed by atoms with Gasteiger partial charge in [0.05, 0.1) is 5.92 Å². The Kier molecular flexibility index (Phi) is 6.26. The lowest BCUT2D eigenvalue weighted by atomic mass is 10.0. The number of carboxylic acids is 1. The largest absolute Gasteiger partial charge is 0.481 e. The van der Waals surface area contributed by atoms with Crippen LogP contribution in [0.1, 0.15) is 26.7 Å². The van der Waals surface area contributed by atoms with Crippen LogP contribution >= 0.6 is 0 Å². The minimum Gasteiger partial charge on any atom is -0.481 e. The summed E-state index contributed by atoms with van der Waals surface area (Å²) in [7, 11) is 3.48. The van der Waals surface area contributed by atoms with Gasteiger partial charge in [0.2, 0.25) is 0 Å². The number of rotatable bonds is 5. The van der Waals surface area contributed by atoms with Crippen molar-refractivity contribution in [3.05, 3.63) is 0 Å². The topological polar surface area (TPSA) is 64.1 Å². The van der Waals surface area contributed by atoms with E-state index in [9.17, 15) is 9.59 Å². The van der Waals surface area contributed by atoms with Crippen molar-refractivity contribution in [2.45, 2.75) is 32.7 Å². The number of nitrogens with zero attached hydrogens (tertiary/aromatic N) is 3. The summed E-state index contributed by atoms with van der Waals surface area (Å²) in [6.45, 7) is 7.11. The number of likely N-dealkylation sites (tertiary alicyclic amines) is 1. The first-order chi connectivity index (χ1) is 9.36. The van der Waals surface area contributed by atoms with E-state index in [1.807, 2.05) is 7.05 Å². The van der Waals surface area contributed by atoms with Gasteiger partial charge in [-0.15, -0.1) is 0 Å². The van der Waals surface area contributed by atoms with Crippen LogP contribution < -0.4 is 0 Å². The zero-order valence-electron chi connectivity index (χ0n) is 13.0. The monoisotopic (exact) mass is 285 g/mol. The Hall–Kier alpha value is -1.30. The number of piperidine rings is 1. The summed E-state index contributed by atoms with van der Waals surface area (Å²) in [5.74, 6) is -1.41. The second kappa shape index (κ2) is 7.47. The van der Waals surface area contributed by atoms with Gasteiger partial charge >= 0.3 is 12.0 Å². The van der Waals surface area contributed by atoms with Crippen molar-refractivity contribution >= 4 is 12.0 Å². The first kappa shape index (κ1) is 16.8. The maximum atomic E-state index is 12.3. The molecule has 0 aliphatic carbocycles. The highest BCUT2D eigenvalue weighted by molar-refractivity contribution is 5.76. The highest BCUT2D eigenvalue weighted by Gasteiger charge is 2.27. The Bertz CT molecular complexity index is 341. The summed E-state index contributed by atoms with van der Waals surface area (Å²) < 4.78 is 0. The van der Waals surface area contributed by atoms with Crippen LogP contribution in [0, 0.1) is 5.92 Å². The van der Waals surface area contributed by atoms with E-state index in [1.165, 1.54) is 4.90 Å². The average molecular weight is 285 g/mol. The van der Waals surface area contributed by atoms with Crippen LogP contribution in [0.15, 0.2) is 0 Å². The standard InChI is InChI=1S/C14H27N3O3/c1-5-17-8-6-12(7-9-17)16(4)14(20)15(3)10-11(2)13(18)19/h11-12H,5-10H2,1-4H3,(H,18,19). The molecule has 1 rings (SSSR count). The predicted octanol–water partition coefficient (Wildman–Crippen LogP) is 1.17. The van der Waals surface area contributed by atoms with E-state index in [-0.39, 0.29) is 18.6 Å². The third kappa shape index (κ3) is 4.37. The van der Waals surface area contributed by atoms with Crippen molar-refractivity contribution in [1.82, 2.24) is 14.7 Å². The van der Waals surface area contributed by atoms with E-state index >= 15 is 0 Å². The van der Waals surface area contributed by atoms with Gasteiger partial charge in [0.1, 0.15) is 0 Å². The molecule has 0 aromatic heterocycles. The highest BCUT2D eigenvalue weighted by atomic mass is 16.4. The predicted molar refractivity (Wildman–Crippen MR) is 77.7 cm³/mol. The first-order valence-electron chi connectivity index (χ1n) is 7.29. The minimum absolute atomic E-state index is 0.0898. The molecule has 1 heterocycles. The molecule has 1 aliphatic rings. The average Bonchev–Trinajstić information content (AvgIpc) is 2.45. The number of hydrogen-bond donors (Lipinski definition) is 1. The summed E-state index contributed by atoms with van der Waals surface area (Å²) in [6.07, 6.45) is 1.97. The maximum absolute atomic E-state index is 12.3. The Morgan fingerprint density at radius 1 is 1.30 bits per heavy atom. The lowest BCUT2D eigenvalue weighted by Gasteiger charge is -2.38. The van der Waals surface area contributed by atoms with Crippen molar-refractivity contribution in [3.63, 3.8) is 0 Å². The van der Waals surface area contributed by atoms with Gasteiger partial charge in [-0.2, -0.15) is 0 Å². The molecule has 0 saturated carbocycles. The fourth-order valence-corrected chi connectivity index (χ4v) is 2.62. The SMILES string of the molecule is CCN1CCC(N(C)C(=O)N(C)CC(C)C(=O)O)CC1. The zero-order chi connectivity index (χ0) is 15.3. The summed E-state index contributed by atoms with van der Waals surface area (Å²) in [5, 5.41) is 8.90. The van der Waals surface area contributed by atoms with Gasteiger partial charge in [0.15, 0.2) is 0 Å². The van der Waals surface area contributed by atoms with Gasteiger partial charge in [0, 0.05) is 39.8 Å². The quantitative estimate of drug-likeness (QED) is 0.823. The molecule has 1 saturated heterocycles. The van der Waals surface area contributed by atoms with Crippen LogP contribution in [0.3, 0.4) is 0 Å². The number of urea groups is 1. The molecular weight excluding hydrogens is 258 g/mol. The third-order valence-corrected chi connectivity index (χ3v) is 4.15. The van der Waals surface area contributed by atoms with Crippen molar-refractivity contribution in [2.75, 3.05) is 40.3 Å². The number of carboxylic acid groups (broad SMARTS) is 1. The van der Waals surface area contributed by atoms with Gasteiger partial charge in [-0.1, -0.05) is 13.8 Å². The van der Waals surface area contributed by atoms with E-state index in [0.717, 1.165) is 32.5 Å². The molecule has 0 spiro atoms. The van der Waals surface area contributed by atoms with E-state index < -0.39 is 11.9 Å². The van der Waals surface area contributed by atoms with Gasteiger partial charge in [0.25, 0.3) is 0 Å². The number of carbonyl (C=O) groups is 2. The van der Waals surface area contributed by atoms with Crippen LogP contribution in [0.2, 0.25) is 0 Å². The Labute approximate surface area is 121 Å². The molecule has 1 fully saturated rings. The summed E-state index contributed by atoms with van der Waals surface area (Å²) in [6, 6.07) is 0.168. The van der Waals surface area contributed by atoms with Gasteiger partial charge < -0.3 is 19.8 Å². The summed E-state index contributed by atoms with van der Waals surface area (Å²) >= 11 is 0. The van der Waals surface area contributed by atoms with Crippen LogP contribution in [0.25, 0.3) is 0 Å². The molecule has 0 aromatic rings. The second-order valence-electron chi connectivity index (χ2n) is 5.68. The van der Waals surface area contributed by atoms with E-state index in [1.54, 1.807) is 18.9 Å². The van der Waals surface area contributed by atoms with Gasteiger partial charge in [-0.25, -0.2) is 4.79 Å². The number of hydrogen-bond acceptors (Lipinski definition) is 3. The summed E-state index contributed by atoms with van der Waals surface area (Å²) in [5.41, 5.74) is 0. The van der Waals surface area contributed by atoms with E-state index in [0.29, 0.717) is 0 Å². The summed E-state index contributed by atoms with van der Waals surface area (Å²) in [4.78, 5) is 28.8. The lowest BCUT2D eigenvalue weighted by Crippen LogP contribution is -2.50. The van der Waals surface area contributed by atoms with E-state index in [2.05, 4.69) is 11.8 Å².